The van der Waals surface area contributed by atoms with E-state index in [1.165, 1.54) is 12.1 Å². The van der Waals surface area contributed by atoms with Crippen molar-refractivity contribution in [3.05, 3.63) is 36.0 Å². The van der Waals surface area contributed by atoms with Gasteiger partial charge in [0.15, 0.2) is 5.82 Å². The van der Waals surface area contributed by atoms with E-state index in [0.717, 1.165) is 12.1 Å². The summed E-state index contributed by atoms with van der Waals surface area (Å²) in [4.78, 5) is 16.1. The molecule has 1 amide bonds. The monoisotopic (exact) mass is 357 g/mol. The number of carbonyl (C=O) groups excluding carboxylic acids is 1. The van der Waals surface area contributed by atoms with Crippen LogP contribution < -0.4 is 10.1 Å². The lowest BCUT2D eigenvalue weighted by Crippen LogP contribution is -2.17. The number of aryl methyl sites for hydroxylation is 1. The highest BCUT2D eigenvalue weighted by Crippen LogP contribution is 2.24. The number of nitrogens with one attached hydrogen (secondary N) is 1. The molecule has 0 unspecified atom stereocenters. The van der Waals surface area contributed by atoms with Crippen molar-refractivity contribution in [2.45, 2.75) is 45.4 Å². The number of rotatable bonds is 7. The van der Waals surface area contributed by atoms with Crippen LogP contribution in [-0.4, -0.2) is 22.4 Å². The van der Waals surface area contributed by atoms with Gasteiger partial charge < -0.3 is 14.6 Å². The first-order chi connectivity index (χ1) is 11.7. The second kappa shape index (κ2) is 8.00. The van der Waals surface area contributed by atoms with Crippen molar-refractivity contribution in [3.8, 4) is 5.75 Å². The number of alkyl halides is 3. The molecule has 136 valence electrons. The van der Waals surface area contributed by atoms with Crippen molar-refractivity contribution in [2.75, 3.05) is 5.32 Å². The van der Waals surface area contributed by atoms with Crippen LogP contribution in [0.1, 0.15) is 44.3 Å². The molecule has 0 fully saturated rings. The van der Waals surface area contributed by atoms with Crippen molar-refractivity contribution in [2.24, 2.45) is 0 Å². The Morgan fingerprint density at radius 2 is 1.96 bits per heavy atom. The smallest absolute Gasteiger partial charge is 0.406 e. The van der Waals surface area contributed by atoms with Gasteiger partial charge in [-0.1, -0.05) is 19.0 Å². The summed E-state index contributed by atoms with van der Waals surface area (Å²) < 4.78 is 45.0. The summed E-state index contributed by atoms with van der Waals surface area (Å²) in [6, 6.07) is 4.95. The number of aromatic nitrogens is 2. The highest BCUT2D eigenvalue weighted by atomic mass is 19.4. The van der Waals surface area contributed by atoms with Crippen LogP contribution in [-0.2, 0) is 11.2 Å². The normalized spacial score (nSPS) is 11.6. The van der Waals surface area contributed by atoms with Gasteiger partial charge in [-0.05, 0) is 30.7 Å². The van der Waals surface area contributed by atoms with Gasteiger partial charge in [0, 0.05) is 24.4 Å². The Balaban J connectivity index is 1.76. The summed E-state index contributed by atoms with van der Waals surface area (Å²) in [5.74, 6) is 0.673. The minimum atomic E-state index is -4.74. The Bertz CT molecular complexity index is 697. The first-order valence-corrected chi connectivity index (χ1v) is 7.71. The summed E-state index contributed by atoms with van der Waals surface area (Å²) in [7, 11) is 0. The van der Waals surface area contributed by atoms with Crippen molar-refractivity contribution >= 4 is 11.6 Å². The third-order valence-electron chi connectivity index (χ3n) is 3.17. The van der Waals surface area contributed by atoms with E-state index in [2.05, 4.69) is 20.2 Å². The predicted octanol–water partition coefficient (Wildman–Crippen LogP) is 4.05. The third kappa shape index (κ3) is 6.44. The Morgan fingerprint density at radius 1 is 1.28 bits per heavy atom. The summed E-state index contributed by atoms with van der Waals surface area (Å²) in [5.41, 5.74) is 0.388. The van der Waals surface area contributed by atoms with E-state index < -0.39 is 6.36 Å². The van der Waals surface area contributed by atoms with Crippen LogP contribution in [0.4, 0.5) is 18.9 Å². The zero-order valence-corrected chi connectivity index (χ0v) is 13.8. The molecule has 0 atom stereocenters. The van der Waals surface area contributed by atoms with Crippen molar-refractivity contribution in [1.29, 1.82) is 0 Å². The molecule has 0 aliphatic heterocycles. The number of halogens is 3. The van der Waals surface area contributed by atoms with Gasteiger partial charge in [-0.3, -0.25) is 4.79 Å². The summed E-state index contributed by atoms with van der Waals surface area (Å²) >= 11 is 0. The first-order valence-electron chi connectivity index (χ1n) is 7.71. The molecule has 0 spiro atoms. The van der Waals surface area contributed by atoms with E-state index in [-0.39, 0.29) is 24.0 Å². The number of benzene rings is 1. The molecular formula is C16H18F3N3O3. The maximum absolute atomic E-state index is 12.1. The molecule has 2 aromatic rings. The molecular weight excluding hydrogens is 339 g/mol. The molecule has 1 N–H and O–H groups in total. The highest BCUT2D eigenvalue weighted by Gasteiger charge is 2.30. The number of anilines is 1. The molecule has 9 heteroatoms. The number of nitrogens with zero attached hydrogens (tertiary/aromatic N) is 2. The molecule has 1 aromatic heterocycles. The third-order valence-corrected chi connectivity index (χ3v) is 3.17. The first kappa shape index (κ1) is 18.8. The SMILES string of the molecule is CC(C)c1noc(CCCC(=O)Nc2ccc(OC(F)(F)F)cc2)n1. The lowest BCUT2D eigenvalue weighted by molar-refractivity contribution is -0.274. The van der Waals surface area contributed by atoms with E-state index in [0.29, 0.717) is 30.2 Å². The number of carbonyl (C=O) groups is 1. The second-order valence-corrected chi connectivity index (χ2v) is 5.67. The van der Waals surface area contributed by atoms with E-state index >= 15 is 0 Å². The second-order valence-electron chi connectivity index (χ2n) is 5.67. The molecule has 0 saturated carbocycles. The fourth-order valence-corrected chi connectivity index (χ4v) is 1.97. The zero-order valence-electron chi connectivity index (χ0n) is 13.8. The van der Waals surface area contributed by atoms with Gasteiger partial charge in [-0.15, -0.1) is 13.2 Å². The fourth-order valence-electron chi connectivity index (χ4n) is 1.97. The van der Waals surface area contributed by atoms with E-state index in [1.807, 2.05) is 13.8 Å². The minimum Gasteiger partial charge on any atom is -0.406 e. The maximum atomic E-state index is 12.1. The summed E-state index contributed by atoms with van der Waals surface area (Å²) in [6.07, 6.45) is -3.53. The number of hydrogen-bond acceptors (Lipinski definition) is 5. The molecule has 2 rings (SSSR count). The van der Waals surface area contributed by atoms with Crippen LogP contribution in [0.15, 0.2) is 28.8 Å². The number of hydrogen-bond donors (Lipinski definition) is 1. The average Bonchev–Trinajstić information content (AvgIpc) is 2.97. The molecule has 1 aromatic carbocycles. The molecule has 0 radical (unpaired) electrons. The lowest BCUT2D eigenvalue weighted by atomic mass is 10.2. The van der Waals surface area contributed by atoms with E-state index in [4.69, 9.17) is 4.52 Å². The molecule has 0 aliphatic carbocycles. The fraction of sp³-hybridized carbons (Fsp3) is 0.438. The number of ether oxygens (including phenoxy) is 1. The van der Waals surface area contributed by atoms with Gasteiger partial charge in [0.2, 0.25) is 11.8 Å². The van der Waals surface area contributed by atoms with Gasteiger partial charge in [0.1, 0.15) is 5.75 Å². The lowest BCUT2D eigenvalue weighted by Gasteiger charge is -2.09. The van der Waals surface area contributed by atoms with Crippen LogP contribution in [0.2, 0.25) is 0 Å². The van der Waals surface area contributed by atoms with Gasteiger partial charge in [-0.2, -0.15) is 4.98 Å². The van der Waals surface area contributed by atoms with Gasteiger partial charge in [0.25, 0.3) is 0 Å². The Hall–Kier alpha value is -2.58. The molecule has 0 aliphatic rings. The summed E-state index contributed by atoms with van der Waals surface area (Å²) in [6.45, 7) is 3.90. The highest BCUT2D eigenvalue weighted by molar-refractivity contribution is 5.90. The molecule has 25 heavy (non-hydrogen) atoms. The zero-order chi connectivity index (χ0) is 18.4. The van der Waals surface area contributed by atoms with Crippen molar-refractivity contribution in [1.82, 2.24) is 10.1 Å². The van der Waals surface area contributed by atoms with Gasteiger partial charge >= 0.3 is 6.36 Å². The molecule has 1 heterocycles. The van der Waals surface area contributed by atoms with Crippen LogP contribution in [0, 0.1) is 0 Å². The number of amides is 1. The largest absolute Gasteiger partial charge is 0.573 e. The summed E-state index contributed by atoms with van der Waals surface area (Å²) in [5, 5.41) is 6.44. The standard InChI is InChI=1S/C16H18F3N3O3/c1-10(2)15-21-14(25-22-15)5-3-4-13(23)20-11-6-8-12(9-7-11)24-16(17,18)19/h6-10H,3-5H2,1-2H3,(H,20,23). The van der Waals surface area contributed by atoms with Crippen LogP contribution >= 0.6 is 0 Å². The van der Waals surface area contributed by atoms with Crippen molar-refractivity contribution < 1.29 is 27.2 Å². The maximum Gasteiger partial charge on any atom is 0.573 e. The van der Waals surface area contributed by atoms with E-state index in [9.17, 15) is 18.0 Å². The molecule has 0 saturated heterocycles. The Kier molecular flexibility index (Phi) is 6.00. The average molecular weight is 357 g/mol. The quantitative estimate of drug-likeness (QED) is 0.809. The molecule has 6 nitrogen and oxygen atoms in total. The van der Waals surface area contributed by atoms with Gasteiger partial charge in [-0.25, -0.2) is 0 Å². The van der Waals surface area contributed by atoms with Crippen LogP contribution in [0.5, 0.6) is 5.75 Å². The Labute approximate surface area is 142 Å². The van der Waals surface area contributed by atoms with E-state index in [1.54, 1.807) is 0 Å². The molecule has 0 bridgehead atoms. The van der Waals surface area contributed by atoms with Crippen LogP contribution in [0.3, 0.4) is 0 Å². The predicted molar refractivity (Wildman–Crippen MR) is 83.1 cm³/mol. The van der Waals surface area contributed by atoms with Crippen molar-refractivity contribution in [3.63, 3.8) is 0 Å². The topological polar surface area (TPSA) is 77.2 Å². The minimum absolute atomic E-state index is 0.171. The Morgan fingerprint density at radius 3 is 2.52 bits per heavy atom. The van der Waals surface area contributed by atoms with Crippen LogP contribution in [0.25, 0.3) is 0 Å². The van der Waals surface area contributed by atoms with Gasteiger partial charge in [0.05, 0.1) is 0 Å².